The lowest BCUT2D eigenvalue weighted by molar-refractivity contribution is 0.245. The van der Waals surface area contributed by atoms with Gasteiger partial charge in [0.1, 0.15) is 6.26 Å². The summed E-state index contributed by atoms with van der Waals surface area (Å²) in [6.45, 7) is 1.71. The molecule has 0 aliphatic carbocycles. The fourth-order valence-corrected chi connectivity index (χ4v) is 2.76. The molecule has 0 saturated heterocycles. The van der Waals surface area contributed by atoms with Gasteiger partial charge in [0.25, 0.3) is 0 Å². The van der Waals surface area contributed by atoms with Gasteiger partial charge in [-0.25, -0.2) is 0 Å². The Hall–Kier alpha value is -1.21. The molecule has 2 heterocycles. The van der Waals surface area contributed by atoms with Crippen LogP contribution in [0.1, 0.15) is 11.8 Å². The summed E-state index contributed by atoms with van der Waals surface area (Å²) in [6, 6.07) is 5.71. The van der Waals surface area contributed by atoms with E-state index in [1.54, 1.807) is 42.9 Å². The van der Waals surface area contributed by atoms with Crippen molar-refractivity contribution < 1.29 is 9.66 Å². The molecule has 2 unspecified atom stereocenters. The molecule has 6 heteroatoms. The van der Waals surface area contributed by atoms with Gasteiger partial charge in [-0.2, -0.15) is 9.97 Å². The standard InChI is InChI=1S/C13H14N2O2S2/c1-9(16)3-4-10-5-6-12(18-10)11-7-8-14-13(15-11)19(2)17/h3-9,16H,1-2H3/b4-3+. The molecular weight excluding hydrogens is 280 g/mol. The molecular formula is C13H14N2O2S2. The van der Waals surface area contributed by atoms with Crippen LogP contribution in [0.5, 0.6) is 0 Å². The maximum atomic E-state index is 11.4. The molecule has 0 fully saturated rings. The molecule has 0 aromatic carbocycles. The van der Waals surface area contributed by atoms with Crippen LogP contribution in [-0.4, -0.2) is 32.0 Å². The fraction of sp³-hybridized carbons (Fsp3) is 0.231. The molecule has 100 valence electrons. The van der Waals surface area contributed by atoms with Gasteiger partial charge in [0.05, 0.1) is 16.7 Å². The zero-order chi connectivity index (χ0) is 13.8. The van der Waals surface area contributed by atoms with Gasteiger partial charge in [-0.3, -0.25) is 0 Å². The van der Waals surface area contributed by atoms with Crippen LogP contribution in [0.15, 0.2) is 35.6 Å². The zero-order valence-corrected chi connectivity index (χ0v) is 12.2. The van der Waals surface area contributed by atoms with E-state index < -0.39 is 17.3 Å². The Balaban J connectivity index is 2.25. The number of hydrogen-bond donors (Lipinski definition) is 1. The van der Waals surface area contributed by atoms with Crippen molar-refractivity contribution in [3.05, 3.63) is 35.3 Å². The lowest BCUT2D eigenvalue weighted by atomic mass is 10.3. The first-order valence-corrected chi connectivity index (χ1v) is 8.06. The number of aliphatic hydroxyl groups is 1. The van der Waals surface area contributed by atoms with Crippen molar-refractivity contribution in [3.63, 3.8) is 0 Å². The molecule has 0 amide bonds. The third kappa shape index (κ3) is 3.87. The Morgan fingerprint density at radius 3 is 2.89 bits per heavy atom. The average Bonchev–Trinajstić information content (AvgIpc) is 2.85. The molecule has 0 bridgehead atoms. The van der Waals surface area contributed by atoms with Gasteiger partial charge < -0.3 is 9.66 Å². The van der Waals surface area contributed by atoms with Crippen molar-refractivity contribution >= 4 is 28.6 Å². The maximum absolute atomic E-state index is 11.4. The van der Waals surface area contributed by atoms with Gasteiger partial charge in [0.15, 0.2) is 0 Å². The second-order valence-corrected chi connectivity index (χ2v) is 6.37. The molecule has 19 heavy (non-hydrogen) atoms. The highest BCUT2D eigenvalue weighted by Crippen LogP contribution is 2.27. The van der Waals surface area contributed by atoms with Crippen molar-refractivity contribution in [1.82, 2.24) is 9.97 Å². The highest BCUT2D eigenvalue weighted by molar-refractivity contribution is 7.90. The van der Waals surface area contributed by atoms with Crippen LogP contribution in [0.25, 0.3) is 16.6 Å². The second-order valence-electron chi connectivity index (χ2n) is 3.98. The van der Waals surface area contributed by atoms with Crippen molar-refractivity contribution in [3.8, 4) is 10.6 Å². The lowest BCUT2D eigenvalue weighted by Gasteiger charge is -2.02. The molecule has 0 spiro atoms. The minimum absolute atomic E-state index is 0.340. The van der Waals surface area contributed by atoms with Crippen LogP contribution in [0.3, 0.4) is 0 Å². The van der Waals surface area contributed by atoms with E-state index in [0.717, 1.165) is 15.4 Å². The first-order valence-electron chi connectivity index (χ1n) is 5.69. The third-order valence-electron chi connectivity index (χ3n) is 2.31. The summed E-state index contributed by atoms with van der Waals surface area (Å²) in [4.78, 5) is 10.3. The van der Waals surface area contributed by atoms with Crippen molar-refractivity contribution in [2.24, 2.45) is 0 Å². The quantitative estimate of drug-likeness (QED) is 0.694. The topological polar surface area (TPSA) is 69.1 Å². The van der Waals surface area contributed by atoms with Crippen molar-refractivity contribution in [1.29, 1.82) is 0 Å². The molecule has 4 nitrogen and oxygen atoms in total. The van der Waals surface area contributed by atoms with E-state index >= 15 is 0 Å². The van der Waals surface area contributed by atoms with E-state index in [0.29, 0.717) is 5.16 Å². The SMILES string of the molecule is CC(O)/C=C/c1ccc(-c2ccnc([S+](C)[O-])n2)s1. The Morgan fingerprint density at radius 1 is 1.42 bits per heavy atom. The van der Waals surface area contributed by atoms with Gasteiger partial charge in [-0.1, -0.05) is 6.08 Å². The maximum Gasteiger partial charge on any atom is 0.342 e. The minimum atomic E-state index is -1.18. The first-order chi connectivity index (χ1) is 9.06. The van der Waals surface area contributed by atoms with Gasteiger partial charge in [0.2, 0.25) is 0 Å². The largest absolute Gasteiger partial charge is 0.609 e. The number of thiophene rings is 1. The fourth-order valence-electron chi connectivity index (χ4n) is 1.43. The number of hydrogen-bond acceptors (Lipinski definition) is 5. The summed E-state index contributed by atoms with van der Waals surface area (Å²) >= 11 is 0.381. The Morgan fingerprint density at radius 2 is 2.21 bits per heavy atom. The molecule has 2 aromatic rings. The highest BCUT2D eigenvalue weighted by atomic mass is 32.2. The van der Waals surface area contributed by atoms with E-state index in [-0.39, 0.29) is 0 Å². The van der Waals surface area contributed by atoms with Gasteiger partial charge in [-0.15, -0.1) is 11.3 Å². The van der Waals surface area contributed by atoms with Crippen molar-refractivity contribution in [2.75, 3.05) is 6.26 Å². The lowest BCUT2D eigenvalue weighted by Crippen LogP contribution is -2.03. The summed E-state index contributed by atoms with van der Waals surface area (Å²) in [7, 11) is 0. The van der Waals surface area contributed by atoms with E-state index in [4.69, 9.17) is 0 Å². The Kier molecular flexibility index (Phi) is 4.71. The average molecular weight is 294 g/mol. The number of aromatic nitrogens is 2. The number of rotatable bonds is 4. The molecule has 0 aliphatic rings. The summed E-state index contributed by atoms with van der Waals surface area (Å²) < 4.78 is 11.4. The van der Waals surface area contributed by atoms with Crippen molar-refractivity contribution in [2.45, 2.75) is 18.2 Å². The van der Waals surface area contributed by atoms with Gasteiger partial charge in [-0.05, 0) is 31.2 Å². The van der Waals surface area contributed by atoms with Crippen LogP contribution in [0, 0.1) is 0 Å². The van der Waals surface area contributed by atoms with Gasteiger partial charge in [0, 0.05) is 22.2 Å². The predicted molar refractivity (Wildman–Crippen MR) is 78.4 cm³/mol. The first kappa shape index (κ1) is 14.2. The second kappa shape index (κ2) is 6.29. The van der Waals surface area contributed by atoms with E-state index in [9.17, 15) is 9.66 Å². The monoisotopic (exact) mass is 294 g/mol. The molecule has 0 saturated carbocycles. The van der Waals surface area contributed by atoms with E-state index in [2.05, 4.69) is 9.97 Å². The predicted octanol–water partition coefficient (Wildman–Crippen LogP) is 2.34. The molecule has 0 radical (unpaired) electrons. The number of aliphatic hydroxyl groups excluding tert-OH is 1. The molecule has 2 atom stereocenters. The molecule has 0 aliphatic heterocycles. The summed E-state index contributed by atoms with van der Waals surface area (Å²) in [6.07, 6.45) is 6.31. The molecule has 2 rings (SSSR count). The zero-order valence-electron chi connectivity index (χ0n) is 10.6. The number of nitrogens with zero attached hydrogens (tertiary/aromatic N) is 2. The Labute approximate surface area is 119 Å². The minimum Gasteiger partial charge on any atom is -0.609 e. The molecule has 2 aromatic heterocycles. The normalized spacial score (nSPS) is 14.7. The summed E-state index contributed by atoms with van der Waals surface area (Å²) in [5, 5.41) is 9.54. The molecule has 1 N–H and O–H groups in total. The van der Waals surface area contributed by atoms with Crippen LogP contribution < -0.4 is 0 Å². The Bertz CT molecular complexity index is 580. The summed E-state index contributed by atoms with van der Waals surface area (Å²) in [5.41, 5.74) is 0.766. The third-order valence-corrected chi connectivity index (χ3v) is 4.09. The van der Waals surface area contributed by atoms with E-state index in [1.807, 2.05) is 18.2 Å². The van der Waals surface area contributed by atoms with Crippen LogP contribution in [-0.2, 0) is 11.2 Å². The van der Waals surface area contributed by atoms with Gasteiger partial charge >= 0.3 is 5.16 Å². The van der Waals surface area contributed by atoms with Crippen LogP contribution in [0.4, 0.5) is 0 Å². The smallest absolute Gasteiger partial charge is 0.342 e. The van der Waals surface area contributed by atoms with Crippen LogP contribution in [0.2, 0.25) is 0 Å². The van der Waals surface area contributed by atoms with E-state index in [1.165, 1.54) is 0 Å². The summed E-state index contributed by atoms with van der Waals surface area (Å²) in [5.74, 6) is 0. The van der Waals surface area contributed by atoms with Crippen LogP contribution >= 0.6 is 11.3 Å². The highest BCUT2D eigenvalue weighted by Gasteiger charge is 2.11.